The summed E-state index contributed by atoms with van der Waals surface area (Å²) in [7, 11) is 0. The van der Waals surface area contributed by atoms with Gasteiger partial charge in [0.05, 0.1) is 24.7 Å². The maximum absolute atomic E-state index is 11.9. The van der Waals surface area contributed by atoms with Gasteiger partial charge in [0.25, 0.3) is 0 Å². The molecule has 0 atom stereocenters. The quantitative estimate of drug-likeness (QED) is 0.697. The number of ether oxygens (including phenoxy) is 1. The first-order chi connectivity index (χ1) is 7.15. The highest BCUT2D eigenvalue weighted by atomic mass is 32.1. The van der Waals surface area contributed by atoms with Crippen LogP contribution in [0.4, 0.5) is 4.79 Å². The molecular weight excluding hydrogens is 214 g/mol. The fraction of sp³-hybridized carbons (Fsp3) is 0.778. The van der Waals surface area contributed by atoms with E-state index in [2.05, 4.69) is 0 Å². The van der Waals surface area contributed by atoms with Crippen molar-refractivity contribution in [1.82, 2.24) is 9.80 Å². The molecular formula is C9H17N3O2S. The van der Waals surface area contributed by atoms with Crippen molar-refractivity contribution >= 4 is 23.2 Å². The Labute approximate surface area is 95.1 Å². The third kappa shape index (κ3) is 3.64. The van der Waals surface area contributed by atoms with Gasteiger partial charge in [-0.05, 0) is 6.92 Å². The smallest absolute Gasteiger partial charge is 0.320 e. The lowest BCUT2D eigenvalue weighted by atomic mass is 10.4. The predicted octanol–water partition coefficient (Wildman–Crippen LogP) is 0.0466. The van der Waals surface area contributed by atoms with Crippen molar-refractivity contribution in [1.29, 1.82) is 0 Å². The largest absolute Gasteiger partial charge is 0.392 e. The molecule has 15 heavy (non-hydrogen) atoms. The van der Waals surface area contributed by atoms with Crippen LogP contribution >= 0.6 is 12.2 Å². The van der Waals surface area contributed by atoms with E-state index < -0.39 is 0 Å². The first kappa shape index (κ1) is 12.2. The number of thiocarbonyl (C=S) groups is 1. The van der Waals surface area contributed by atoms with Gasteiger partial charge in [0.15, 0.2) is 0 Å². The molecule has 0 aromatic carbocycles. The van der Waals surface area contributed by atoms with Crippen molar-refractivity contribution in [3.8, 4) is 0 Å². The number of rotatable bonds is 3. The number of morpholine rings is 1. The summed E-state index contributed by atoms with van der Waals surface area (Å²) in [6.07, 6.45) is 0. The van der Waals surface area contributed by atoms with Gasteiger partial charge in [0.1, 0.15) is 0 Å². The summed E-state index contributed by atoms with van der Waals surface area (Å²) in [5.41, 5.74) is 5.43. The third-order valence-electron chi connectivity index (χ3n) is 2.28. The van der Waals surface area contributed by atoms with Gasteiger partial charge < -0.3 is 20.3 Å². The summed E-state index contributed by atoms with van der Waals surface area (Å²) in [4.78, 5) is 15.7. The standard InChI is InChI=1S/C9H17N3O2S/c1-2-11(7-8(10)15)9(13)12-3-5-14-6-4-12/h2-7H2,1H3,(H2,10,15). The van der Waals surface area contributed by atoms with E-state index in [1.54, 1.807) is 9.80 Å². The fourth-order valence-corrected chi connectivity index (χ4v) is 1.61. The first-order valence-electron chi connectivity index (χ1n) is 5.05. The van der Waals surface area contributed by atoms with Crippen LogP contribution in [0.1, 0.15) is 6.92 Å². The van der Waals surface area contributed by atoms with Crippen LogP contribution in [-0.2, 0) is 4.74 Å². The van der Waals surface area contributed by atoms with Crippen LogP contribution in [-0.4, -0.2) is 60.2 Å². The number of amides is 2. The molecule has 86 valence electrons. The lowest BCUT2D eigenvalue weighted by Gasteiger charge is -2.32. The molecule has 6 heteroatoms. The zero-order valence-electron chi connectivity index (χ0n) is 8.94. The van der Waals surface area contributed by atoms with Crippen molar-refractivity contribution in [2.45, 2.75) is 6.92 Å². The van der Waals surface area contributed by atoms with E-state index in [0.717, 1.165) is 0 Å². The number of likely N-dealkylation sites (N-methyl/N-ethyl adjacent to an activating group) is 1. The highest BCUT2D eigenvalue weighted by Gasteiger charge is 2.21. The van der Waals surface area contributed by atoms with Crippen LogP contribution in [0, 0.1) is 0 Å². The summed E-state index contributed by atoms with van der Waals surface area (Å²) in [6, 6.07) is -0.00593. The summed E-state index contributed by atoms with van der Waals surface area (Å²) in [5, 5.41) is 0. The second kappa shape index (κ2) is 5.87. The van der Waals surface area contributed by atoms with Gasteiger partial charge in [-0.25, -0.2) is 4.79 Å². The number of hydrogen-bond acceptors (Lipinski definition) is 3. The summed E-state index contributed by atoms with van der Waals surface area (Å²) in [5.74, 6) is 0. The van der Waals surface area contributed by atoms with Gasteiger partial charge >= 0.3 is 6.03 Å². The molecule has 1 fully saturated rings. The average Bonchev–Trinajstić information content (AvgIpc) is 2.26. The Morgan fingerprint density at radius 2 is 2.13 bits per heavy atom. The maximum Gasteiger partial charge on any atom is 0.320 e. The number of carbonyl (C=O) groups is 1. The fourth-order valence-electron chi connectivity index (χ4n) is 1.46. The molecule has 0 radical (unpaired) electrons. The third-order valence-corrected chi connectivity index (χ3v) is 2.41. The van der Waals surface area contributed by atoms with E-state index in [1.165, 1.54) is 0 Å². The van der Waals surface area contributed by atoms with Gasteiger partial charge in [-0.1, -0.05) is 12.2 Å². The van der Waals surface area contributed by atoms with Crippen molar-refractivity contribution in [2.24, 2.45) is 5.73 Å². The topological polar surface area (TPSA) is 58.8 Å². The first-order valence-corrected chi connectivity index (χ1v) is 5.46. The van der Waals surface area contributed by atoms with Crippen molar-refractivity contribution in [3.63, 3.8) is 0 Å². The molecule has 2 amide bonds. The van der Waals surface area contributed by atoms with Crippen LogP contribution in [0.15, 0.2) is 0 Å². The van der Waals surface area contributed by atoms with Crippen molar-refractivity contribution in [3.05, 3.63) is 0 Å². The molecule has 0 saturated carbocycles. The summed E-state index contributed by atoms with van der Waals surface area (Å²) in [6.45, 7) is 5.39. The molecule has 0 aromatic heterocycles. The molecule has 5 nitrogen and oxygen atoms in total. The molecule has 1 aliphatic heterocycles. The predicted molar refractivity (Wildman–Crippen MR) is 61.8 cm³/mol. The minimum Gasteiger partial charge on any atom is -0.392 e. The zero-order valence-corrected chi connectivity index (χ0v) is 9.76. The summed E-state index contributed by atoms with van der Waals surface area (Å²) < 4.78 is 5.18. The Balaban J connectivity index is 2.50. The molecule has 0 spiro atoms. The Morgan fingerprint density at radius 3 is 2.60 bits per heavy atom. The number of carbonyl (C=O) groups excluding carboxylic acids is 1. The van der Waals surface area contributed by atoms with Crippen LogP contribution in [0.2, 0.25) is 0 Å². The van der Waals surface area contributed by atoms with Gasteiger partial charge in [-0.3, -0.25) is 0 Å². The van der Waals surface area contributed by atoms with Crippen molar-refractivity contribution in [2.75, 3.05) is 39.4 Å². The molecule has 1 saturated heterocycles. The van der Waals surface area contributed by atoms with Crippen LogP contribution < -0.4 is 5.73 Å². The SMILES string of the molecule is CCN(CC(N)=S)C(=O)N1CCOCC1. The zero-order chi connectivity index (χ0) is 11.3. The molecule has 0 bridgehead atoms. The molecule has 1 heterocycles. The van der Waals surface area contributed by atoms with Gasteiger partial charge in [-0.2, -0.15) is 0 Å². The Bertz CT molecular complexity index is 242. The van der Waals surface area contributed by atoms with Gasteiger partial charge in [0.2, 0.25) is 0 Å². The Hall–Kier alpha value is -0.880. The summed E-state index contributed by atoms with van der Waals surface area (Å²) >= 11 is 4.80. The molecule has 2 N–H and O–H groups in total. The van der Waals surface area contributed by atoms with E-state index >= 15 is 0 Å². The number of hydrogen-bond donors (Lipinski definition) is 1. The molecule has 0 aliphatic carbocycles. The monoisotopic (exact) mass is 231 g/mol. The van der Waals surface area contributed by atoms with Gasteiger partial charge in [0, 0.05) is 19.6 Å². The molecule has 1 aliphatic rings. The van der Waals surface area contributed by atoms with Gasteiger partial charge in [-0.15, -0.1) is 0 Å². The van der Waals surface area contributed by atoms with E-state index in [0.29, 0.717) is 44.4 Å². The van der Waals surface area contributed by atoms with E-state index in [4.69, 9.17) is 22.7 Å². The average molecular weight is 231 g/mol. The second-order valence-corrected chi connectivity index (χ2v) is 3.89. The Morgan fingerprint density at radius 1 is 1.53 bits per heavy atom. The van der Waals surface area contributed by atoms with Crippen molar-refractivity contribution < 1.29 is 9.53 Å². The second-order valence-electron chi connectivity index (χ2n) is 3.36. The number of nitrogens with zero attached hydrogens (tertiary/aromatic N) is 2. The van der Waals surface area contributed by atoms with Crippen LogP contribution in [0.25, 0.3) is 0 Å². The lowest BCUT2D eigenvalue weighted by molar-refractivity contribution is 0.0449. The molecule has 1 rings (SSSR count). The van der Waals surface area contributed by atoms with Crippen LogP contribution in [0.5, 0.6) is 0 Å². The van der Waals surface area contributed by atoms with Crippen LogP contribution in [0.3, 0.4) is 0 Å². The van der Waals surface area contributed by atoms with E-state index in [-0.39, 0.29) is 6.03 Å². The minimum absolute atomic E-state index is 0.00593. The minimum atomic E-state index is -0.00593. The lowest BCUT2D eigenvalue weighted by Crippen LogP contribution is -2.49. The molecule has 0 aromatic rings. The number of nitrogens with two attached hydrogens (primary N) is 1. The highest BCUT2D eigenvalue weighted by molar-refractivity contribution is 7.80. The molecule has 0 unspecified atom stereocenters. The maximum atomic E-state index is 11.9. The number of urea groups is 1. The highest BCUT2D eigenvalue weighted by Crippen LogP contribution is 2.03. The normalized spacial score (nSPS) is 16.2. The van der Waals surface area contributed by atoms with E-state index in [9.17, 15) is 4.79 Å². The van der Waals surface area contributed by atoms with E-state index in [1.807, 2.05) is 6.92 Å². The Kier molecular flexibility index (Phi) is 4.77.